The average molecular weight is 222 g/mol. The highest BCUT2D eigenvalue weighted by Gasteiger charge is 2.38. The molecule has 1 aliphatic heterocycles. The number of carbonyl (C=O) groups is 1. The minimum atomic E-state index is -1.03. The summed E-state index contributed by atoms with van der Waals surface area (Å²) in [5.41, 5.74) is -0.287. The zero-order chi connectivity index (χ0) is 11.8. The van der Waals surface area contributed by atoms with E-state index in [4.69, 9.17) is 9.84 Å². The molecule has 1 fully saturated rings. The maximum Gasteiger partial charge on any atom is 0.354 e. The van der Waals surface area contributed by atoms with Gasteiger partial charge in [0.15, 0.2) is 5.69 Å². The Hall–Kier alpha value is -1.49. The summed E-state index contributed by atoms with van der Waals surface area (Å²) in [6.45, 7) is 4.61. The molecule has 1 aromatic rings. The summed E-state index contributed by atoms with van der Waals surface area (Å²) in [6, 6.07) is 1.40. The lowest BCUT2D eigenvalue weighted by atomic mass is 9.90. The molecule has 0 bridgehead atoms. The normalized spacial score (nSPS) is 23.2. The first-order valence-corrected chi connectivity index (χ1v) is 5.21. The van der Waals surface area contributed by atoms with Gasteiger partial charge in [-0.05, 0) is 26.3 Å². The first kappa shape index (κ1) is 11.0. The largest absolute Gasteiger partial charge is 0.477 e. The smallest absolute Gasteiger partial charge is 0.354 e. The predicted octanol–water partition coefficient (Wildman–Crippen LogP) is 1.46. The zero-order valence-electron chi connectivity index (χ0n) is 9.30. The molecule has 0 amide bonds. The summed E-state index contributed by atoms with van der Waals surface area (Å²) in [7, 11) is 0. The van der Waals surface area contributed by atoms with Gasteiger partial charge < -0.3 is 9.84 Å². The third-order valence-corrected chi connectivity index (χ3v) is 2.92. The van der Waals surface area contributed by atoms with Gasteiger partial charge in [0.05, 0.1) is 5.60 Å². The summed E-state index contributed by atoms with van der Waals surface area (Å²) in [5.74, 6) is -0.408. The molecule has 1 saturated heterocycles. The molecule has 0 saturated carbocycles. The van der Waals surface area contributed by atoms with Crippen LogP contribution in [0.15, 0.2) is 12.3 Å². The van der Waals surface area contributed by atoms with E-state index in [0.717, 1.165) is 6.42 Å². The summed E-state index contributed by atoms with van der Waals surface area (Å²) >= 11 is 0. The Morgan fingerprint density at radius 1 is 1.62 bits per heavy atom. The van der Waals surface area contributed by atoms with Gasteiger partial charge >= 0.3 is 5.97 Å². The molecule has 1 aliphatic rings. The number of carboxylic acids is 1. The second kappa shape index (κ2) is 3.83. The molecule has 1 aromatic heterocycles. The molecule has 0 aliphatic carbocycles. The monoisotopic (exact) mass is 222 g/mol. The van der Waals surface area contributed by atoms with Gasteiger partial charge in [-0.1, -0.05) is 0 Å². The van der Waals surface area contributed by atoms with Crippen LogP contribution < -0.4 is 0 Å². The van der Waals surface area contributed by atoms with E-state index in [1.54, 1.807) is 0 Å². The maximum atomic E-state index is 10.8. The molecule has 5 heteroatoms. The van der Waals surface area contributed by atoms with Crippen LogP contribution in [0.5, 0.6) is 0 Å². The van der Waals surface area contributed by atoms with Gasteiger partial charge in [0.1, 0.15) is 5.82 Å². The second-order valence-corrected chi connectivity index (χ2v) is 4.40. The topological polar surface area (TPSA) is 72.3 Å². The molecule has 0 radical (unpaired) electrons. The average Bonchev–Trinajstić information content (AvgIpc) is 2.58. The van der Waals surface area contributed by atoms with Crippen LogP contribution >= 0.6 is 0 Å². The number of ether oxygens (including phenoxy) is 1. The summed E-state index contributed by atoms with van der Waals surface area (Å²) < 4.78 is 5.58. The number of rotatable bonds is 2. The lowest BCUT2D eigenvalue weighted by molar-refractivity contribution is 0.0256. The van der Waals surface area contributed by atoms with Gasteiger partial charge in [-0.25, -0.2) is 14.8 Å². The second-order valence-electron chi connectivity index (χ2n) is 4.40. The van der Waals surface area contributed by atoms with Crippen molar-refractivity contribution in [1.82, 2.24) is 9.97 Å². The van der Waals surface area contributed by atoms with Crippen molar-refractivity contribution in [1.29, 1.82) is 0 Å². The van der Waals surface area contributed by atoms with E-state index in [1.165, 1.54) is 12.3 Å². The number of aromatic nitrogens is 2. The SMILES string of the molecule is CC1(C)OCCC1c1nccc(C(=O)O)n1. The van der Waals surface area contributed by atoms with Crippen molar-refractivity contribution in [2.75, 3.05) is 6.61 Å². The highest BCUT2D eigenvalue weighted by molar-refractivity contribution is 5.85. The van der Waals surface area contributed by atoms with Crippen LogP contribution in [0.4, 0.5) is 0 Å². The molecule has 2 heterocycles. The number of aromatic carboxylic acids is 1. The van der Waals surface area contributed by atoms with E-state index < -0.39 is 5.97 Å². The Morgan fingerprint density at radius 2 is 2.38 bits per heavy atom. The Balaban J connectivity index is 2.34. The van der Waals surface area contributed by atoms with E-state index in [0.29, 0.717) is 12.4 Å². The fourth-order valence-corrected chi connectivity index (χ4v) is 1.99. The molecule has 5 nitrogen and oxygen atoms in total. The molecule has 1 N–H and O–H groups in total. The van der Waals surface area contributed by atoms with Crippen LogP contribution in [-0.2, 0) is 4.74 Å². The predicted molar refractivity (Wildman–Crippen MR) is 56.4 cm³/mol. The first-order valence-electron chi connectivity index (χ1n) is 5.21. The Kier molecular flexibility index (Phi) is 2.63. The van der Waals surface area contributed by atoms with Crippen molar-refractivity contribution in [3.8, 4) is 0 Å². The van der Waals surface area contributed by atoms with Gasteiger partial charge in [0.25, 0.3) is 0 Å². The standard InChI is InChI=1S/C11H14N2O3/c1-11(2)7(4-6-16-11)9-12-5-3-8(13-9)10(14)15/h3,5,7H,4,6H2,1-2H3,(H,14,15). The fourth-order valence-electron chi connectivity index (χ4n) is 1.99. The van der Waals surface area contributed by atoms with Crippen LogP contribution in [0.3, 0.4) is 0 Å². The number of hydrogen-bond donors (Lipinski definition) is 1. The highest BCUT2D eigenvalue weighted by Crippen LogP contribution is 2.37. The molecular formula is C11H14N2O3. The minimum Gasteiger partial charge on any atom is -0.477 e. The molecule has 0 spiro atoms. The minimum absolute atomic E-state index is 0.0349. The molecule has 2 rings (SSSR count). The Labute approximate surface area is 93.5 Å². The van der Waals surface area contributed by atoms with Gasteiger partial charge in [0.2, 0.25) is 0 Å². The third-order valence-electron chi connectivity index (χ3n) is 2.92. The highest BCUT2D eigenvalue weighted by atomic mass is 16.5. The van der Waals surface area contributed by atoms with Crippen molar-refractivity contribution < 1.29 is 14.6 Å². The Morgan fingerprint density at radius 3 is 2.94 bits per heavy atom. The molecule has 1 unspecified atom stereocenters. The van der Waals surface area contributed by atoms with Gasteiger partial charge in [0, 0.05) is 18.7 Å². The summed E-state index contributed by atoms with van der Waals surface area (Å²) in [6.07, 6.45) is 2.32. The van der Waals surface area contributed by atoms with Crippen molar-refractivity contribution in [2.45, 2.75) is 31.8 Å². The van der Waals surface area contributed by atoms with E-state index in [1.807, 2.05) is 13.8 Å². The molecule has 16 heavy (non-hydrogen) atoms. The Bertz CT molecular complexity index is 417. The summed E-state index contributed by atoms with van der Waals surface area (Å²) in [4.78, 5) is 19.0. The number of nitrogens with zero attached hydrogens (tertiary/aromatic N) is 2. The van der Waals surface area contributed by atoms with Crippen molar-refractivity contribution in [2.24, 2.45) is 0 Å². The van der Waals surface area contributed by atoms with Crippen molar-refractivity contribution in [3.05, 3.63) is 23.8 Å². The molecular weight excluding hydrogens is 208 g/mol. The van der Waals surface area contributed by atoms with Gasteiger partial charge in [-0.15, -0.1) is 0 Å². The van der Waals surface area contributed by atoms with Crippen LogP contribution in [-0.4, -0.2) is 33.3 Å². The molecule has 0 aromatic carbocycles. The molecule has 86 valence electrons. The van der Waals surface area contributed by atoms with Gasteiger partial charge in [-0.2, -0.15) is 0 Å². The zero-order valence-corrected chi connectivity index (χ0v) is 9.30. The third kappa shape index (κ3) is 1.90. The van der Waals surface area contributed by atoms with Crippen LogP contribution in [0.2, 0.25) is 0 Å². The van der Waals surface area contributed by atoms with Crippen LogP contribution in [0.1, 0.15) is 42.5 Å². The number of hydrogen-bond acceptors (Lipinski definition) is 4. The lowest BCUT2D eigenvalue weighted by Crippen LogP contribution is -2.27. The number of carboxylic acid groups (broad SMARTS) is 1. The lowest BCUT2D eigenvalue weighted by Gasteiger charge is -2.24. The molecule has 1 atom stereocenters. The van der Waals surface area contributed by atoms with E-state index in [2.05, 4.69) is 9.97 Å². The van der Waals surface area contributed by atoms with E-state index in [9.17, 15) is 4.79 Å². The first-order chi connectivity index (χ1) is 7.50. The fraction of sp³-hybridized carbons (Fsp3) is 0.545. The van der Waals surface area contributed by atoms with Crippen LogP contribution in [0.25, 0.3) is 0 Å². The van der Waals surface area contributed by atoms with E-state index in [-0.39, 0.29) is 17.2 Å². The van der Waals surface area contributed by atoms with Crippen LogP contribution in [0, 0.1) is 0 Å². The summed E-state index contributed by atoms with van der Waals surface area (Å²) in [5, 5.41) is 8.86. The van der Waals surface area contributed by atoms with Crippen molar-refractivity contribution in [3.63, 3.8) is 0 Å². The maximum absolute atomic E-state index is 10.8. The van der Waals surface area contributed by atoms with E-state index >= 15 is 0 Å². The van der Waals surface area contributed by atoms with Crippen molar-refractivity contribution >= 4 is 5.97 Å². The quantitative estimate of drug-likeness (QED) is 0.820. The van der Waals surface area contributed by atoms with Gasteiger partial charge in [-0.3, -0.25) is 0 Å².